The largest absolute Gasteiger partial charge is 0.452 e. The normalized spacial score (nSPS) is 16.8. The maximum absolute atomic E-state index is 12.2. The number of amides is 1. The third-order valence-corrected chi connectivity index (χ3v) is 5.27. The minimum Gasteiger partial charge on any atom is -0.452 e. The maximum atomic E-state index is 12.2. The number of fused-ring (bicyclic) bond motifs is 1. The van der Waals surface area contributed by atoms with E-state index in [0.29, 0.717) is 10.8 Å². The number of hydrogen-bond donors (Lipinski definition) is 1. The van der Waals surface area contributed by atoms with Gasteiger partial charge < -0.3 is 14.5 Å². The fraction of sp³-hybridized carbons (Fsp3) is 0.526. The van der Waals surface area contributed by atoms with Crippen LogP contribution in [0.1, 0.15) is 45.4 Å². The molecule has 3 rings (SSSR count). The third kappa shape index (κ3) is 5.24. The molecule has 0 bridgehead atoms. The van der Waals surface area contributed by atoms with Gasteiger partial charge in [-0.05, 0) is 31.9 Å². The number of aromatic nitrogens is 1. The van der Waals surface area contributed by atoms with Crippen LogP contribution in [0.25, 0.3) is 11.1 Å². The zero-order chi connectivity index (χ0) is 18.4. The molecule has 1 fully saturated rings. The van der Waals surface area contributed by atoms with Crippen molar-refractivity contribution in [2.75, 3.05) is 5.75 Å². The summed E-state index contributed by atoms with van der Waals surface area (Å²) < 4.78 is 10.8. The molecule has 0 aliphatic heterocycles. The van der Waals surface area contributed by atoms with Crippen molar-refractivity contribution in [2.45, 2.75) is 62.8 Å². The van der Waals surface area contributed by atoms with E-state index in [9.17, 15) is 9.59 Å². The zero-order valence-electron chi connectivity index (χ0n) is 14.9. The number of ether oxygens (including phenoxy) is 1. The summed E-state index contributed by atoms with van der Waals surface area (Å²) in [6.45, 7) is 1.61. The summed E-state index contributed by atoms with van der Waals surface area (Å²) in [6, 6.07) is 7.61. The van der Waals surface area contributed by atoms with E-state index in [1.165, 1.54) is 12.8 Å². The Labute approximate surface area is 157 Å². The first kappa shape index (κ1) is 18.8. The highest BCUT2D eigenvalue weighted by atomic mass is 32.2. The quantitative estimate of drug-likeness (QED) is 0.470. The van der Waals surface area contributed by atoms with Crippen LogP contribution in [0.2, 0.25) is 0 Å². The predicted octanol–water partition coefficient (Wildman–Crippen LogP) is 3.69. The third-order valence-electron chi connectivity index (χ3n) is 4.47. The Morgan fingerprint density at radius 2 is 2.00 bits per heavy atom. The van der Waals surface area contributed by atoms with E-state index in [1.807, 2.05) is 24.3 Å². The van der Waals surface area contributed by atoms with Crippen molar-refractivity contribution < 1.29 is 18.7 Å². The number of hydrogen-bond acceptors (Lipinski definition) is 6. The molecular formula is C19H24N2O4S. The van der Waals surface area contributed by atoms with Gasteiger partial charge >= 0.3 is 5.97 Å². The fourth-order valence-corrected chi connectivity index (χ4v) is 3.68. The molecule has 1 atom stereocenters. The molecule has 1 amide bonds. The number of para-hydroxylation sites is 2. The first-order valence-corrected chi connectivity index (χ1v) is 10.1. The van der Waals surface area contributed by atoms with E-state index in [2.05, 4.69) is 10.3 Å². The van der Waals surface area contributed by atoms with Gasteiger partial charge in [-0.25, -0.2) is 4.98 Å². The van der Waals surface area contributed by atoms with Crippen LogP contribution in [-0.4, -0.2) is 34.8 Å². The van der Waals surface area contributed by atoms with Crippen LogP contribution in [0.3, 0.4) is 0 Å². The molecule has 1 aromatic heterocycles. The van der Waals surface area contributed by atoms with Crippen LogP contribution in [0.15, 0.2) is 33.9 Å². The number of carbonyl (C=O) groups is 2. The number of nitrogens with zero attached hydrogens (tertiary/aromatic N) is 1. The molecule has 26 heavy (non-hydrogen) atoms. The second-order valence-electron chi connectivity index (χ2n) is 6.57. The van der Waals surface area contributed by atoms with Crippen LogP contribution < -0.4 is 5.32 Å². The van der Waals surface area contributed by atoms with Gasteiger partial charge in [0.15, 0.2) is 11.7 Å². The lowest BCUT2D eigenvalue weighted by molar-refractivity contribution is -0.152. The summed E-state index contributed by atoms with van der Waals surface area (Å²) in [5.74, 6) is -0.633. The van der Waals surface area contributed by atoms with E-state index in [0.717, 1.165) is 43.0 Å². The molecule has 1 N–H and O–H groups in total. The Bertz CT molecular complexity index is 720. The van der Waals surface area contributed by atoms with Gasteiger partial charge in [0.1, 0.15) is 11.3 Å². The average molecular weight is 376 g/mol. The lowest BCUT2D eigenvalue weighted by atomic mass is 10.1. The number of carbonyl (C=O) groups excluding carboxylic acids is 2. The molecule has 0 unspecified atom stereocenters. The predicted molar refractivity (Wildman–Crippen MR) is 99.9 cm³/mol. The molecule has 140 valence electrons. The Balaban J connectivity index is 1.43. The van der Waals surface area contributed by atoms with E-state index < -0.39 is 12.1 Å². The van der Waals surface area contributed by atoms with Gasteiger partial charge in [0.05, 0.1) is 0 Å². The summed E-state index contributed by atoms with van der Waals surface area (Å²) in [5.41, 5.74) is 1.43. The fourth-order valence-electron chi connectivity index (χ4n) is 3.06. The standard InChI is InChI=1S/C19H24N2O4S/c1-13(18(23)20-14-8-4-2-3-5-9-14)24-17(22)12-26-19-21-15-10-6-7-11-16(15)25-19/h6-7,10-11,13-14H,2-5,8-9,12H2,1H3,(H,20,23)/t13-/m0/s1. The maximum Gasteiger partial charge on any atom is 0.317 e. The summed E-state index contributed by atoms with van der Waals surface area (Å²) in [5, 5.41) is 3.42. The smallest absolute Gasteiger partial charge is 0.317 e. The van der Waals surface area contributed by atoms with Crippen molar-refractivity contribution in [3.63, 3.8) is 0 Å². The Hall–Kier alpha value is -2.02. The molecule has 0 saturated heterocycles. The molecule has 1 aliphatic rings. The monoisotopic (exact) mass is 376 g/mol. The number of oxazole rings is 1. The van der Waals surface area contributed by atoms with E-state index >= 15 is 0 Å². The van der Waals surface area contributed by atoms with Gasteiger partial charge in [0.25, 0.3) is 11.1 Å². The number of rotatable bonds is 6. The summed E-state index contributed by atoms with van der Waals surface area (Å²) in [6.07, 6.45) is 5.93. The van der Waals surface area contributed by atoms with Crippen molar-refractivity contribution in [2.24, 2.45) is 0 Å². The number of benzene rings is 1. The van der Waals surface area contributed by atoms with Crippen LogP contribution in [0.5, 0.6) is 0 Å². The van der Waals surface area contributed by atoms with Crippen LogP contribution in [0, 0.1) is 0 Å². The summed E-state index contributed by atoms with van der Waals surface area (Å²) in [4.78, 5) is 28.5. The van der Waals surface area contributed by atoms with Crippen LogP contribution in [0.4, 0.5) is 0 Å². The zero-order valence-corrected chi connectivity index (χ0v) is 15.7. The van der Waals surface area contributed by atoms with Gasteiger partial charge in [-0.15, -0.1) is 0 Å². The summed E-state index contributed by atoms with van der Waals surface area (Å²) >= 11 is 1.16. The van der Waals surface area contributed by atoms with Crippen molar-refractivity contribution in [3.8, 4) is 0 Å². The Kier molecular flexibility index (Phi) is 6.55. The molecule has 6 nitrogen and oxygen atoms in total. The number of nitrogens with one attached hydrogen (secondary N) is 1. The number of esters is 1. The number of thioether (sulfide) groups is 1. The molecule has 0 radical (unpaired) electrons. The highest BCUT2D eigenvalue weighted by Gasteiger charge is 2.22. The van der Waals surface area contributed by atoms with E-state index in [1.54, 1.807) is 6.92 Å². The average Bonchev–Trinajstić information content (AvgIpc) is 2.88. The first-order chi connectivity index (χ1) is 12.6. The summed E-state index contributed by atoms with van der Waals surface area (Å²) in [7, 11) is 0. The van der Waals surface area contributed by atoms with Gasteiger partial charge in [-0.1, -0.05) is 49.6 Å². The van der Waals surface area contributed by atoms with E-state index in [-0.39, 0.29) is 17.7 Å². The first-order valence-electron chi connectivity index (χ1n) is 9.10. The van der Waals surface area contributed by atoms with Gasteiger partial charge in [-0.2, -0.15) is 0 Å². The molecule has 0 spiro atoms. The molecule has 7 heteroatoms. The SMILES string of the molecule is C[C@H](OC(=O)CSc1nc2ccccc2o1)C(=O)NC1CCCCCC1. The minimum atomic E-state index is -0.796. The Morgan fingerprint density at radius 3 is 2.73 bits per heavy atom. The van der Waals surface area contributed by atoms with Gasteiger partial charge in [0, 0.05) is 6.04 Å². The lowest BCUT2D eigenvalue weighted by Gasteiger charge is -2.19. The molecule has 2 aromatic rings. The minimum absolute atomic E-state index is 0.0495. The second-order valence-corrected chi connectivity index (χ2v) is 7.49. The Morgan fingerprint density at radius 1 is 1.27 bits per heavy atom. The molecule has 1 saturated carbocycles. The van der Waals surface area contributed by atoms with Crippen LogP contribution in [-0.2, 0) is 14.3 Å². The van der Waals surface area contributed by atoms with Crippen LogP contribution >= 0.6 is 11.8 Å². The molecule has 1 aliphatic carbocycles. The van der Waals surface area contributed by atoms with Crippen molar-refractivity contribution in [1.29, 1.82) is 0 Å². The highest BCUT2D eigenvalue weighted by Crippen LogP contribution is 2.23. The lowest BCUT2D eigenvalue weighted by Crippen LogP contribution is -2.42. The van der Waals surface area contributed by atoms with E-state index in [4.69, 9.17) is 9.15 Å². The molecular weight excluding hydrogens is 352 g/mol. The van der Waals surface area contributed by atoms with Crippen molar-refractivity contribution in [3.05, 3.63) is 24.3 Å². The molecule has 1 aromatic carbocycles. The van der Waals surface area contributed by atoms with Gasteiger partial charge in [0.2, 0.25) is 0 Å². The van der Waals surface area contributed by atoms with Gasteiger partial charge in [-0.3, -0.25) is 9.59 Å². The second kappa shape index (κ2) is 9.07. The topological polar surface area (TPSA) is 81.4 Å². The highest BCUT2D eigenvalue weighted by molar-refractivity contribution is 7.99. The molecule has 1 heterocycles. The van der Waals surface area contributed by atoms with Crippen molar-refractivity contribution >= 4 is 34.7 Å². The van der Waals surface area contributed by atoms with Crippen molar-refractivity contribution in [1.82, 2.24) is 10.3 Å².